The van der Waals surface area contributed by atoms with Gasteiger partial charge in [0.2, 0.25) is 11.8 Å². The Bertz CT molecular complexity index is 457. The minimum Gasteiger partial charge on any atom is -0.353 e. The van der Waals surface area contributed by atoms with Crippen LogP contribution in [0, 0.1) is 6.92 Å². The van der Waals surface area contributed by atoms with Gasteiger partial charge in [-0.2, -0.15) is 0 Å². The highest BCUT2D eigenvalue weighted by molar-refractivity contribution is 5.85. The average molecular weight is 246 g/mol. The second kappa shape index (κ2) is 5.67. The van der Waals surface area contributed by atoms with Crippen molar-refractivity contribution in [3.05, 3.63) is 35.4 Å². The SMILES string of the molecule is Cc1cccc(CCC(=O)N2CCNC(=O)C2)c1. The molecule has 1 N–H and O–H groups in total. The van der Waals surface area contributed by atoms with Gasteiger partial charge in [0.25, 0.3) is 0 Å². The molecular formula is C14H18N2O2. The van der Waals surface area contributed by atoms with Crippen LogP contribution in [0.5, 0.6) is 0 Å². The number of nitrogens with zero attached hydrogens (tertiary/aromatic N) is 1. The van der Waals surface area contributed by atoms with Crippen molar-refractivity contribution in [2.45, 2.75) is 19.8 Å². The van der Waals surface area contributed by atoms with Gasteiger partial charge in [-0.25, -0.2) is 0 Å². The first-order valence-electron chi connectivity index (χ1n) is 6.25. The molecule has 0 atom stereocenters. The Labute approximate surface area is 107 Å². The number of nitrogens with one attached hydrogen (secondary N) is 1. The van der Waals surface area contributed by atoms with E-state index in [2.05, 4.69) is 11.4 Å². The first kappa shape index (κ1) is 12.6. The maximum atomic E-state index is 11.9. The molecule has 1 saturated heterocycles. The van der Waals surface area contributed by atoms with Gasteiger partial charge in [-0.15, -0.1) is 0 Å². The number of carbonyl (C=O) groups excluding carboxylic acids is 2. The topological polar surface area (TPSA) is 49.4 Å². The van der Waals surface area contributed by atoms with Crippen LogP contribution < -0.4 is 5.32 Å². The predicted molar refractivity (Wildman–Crippen MR) is 69.1 cm³/mol. The molecule has 0 unspecified atom stereocenters. The number of hydrogen-bond donors (Lipinski definition) is 1. The average Bonchev–Trinajstić information content (AvgIpc) is 2.36. The summed E-state index contributed by atoms with van der Waals surface area (Å²) in [5, 5.41) is 2.72. The van der Waals surface area contributed by atoms with Crippen molar-refractivity contribution in [1.29, 1.82) is 0 Å². The summed E-state index contributed by atoms with van der Waals surface area (Å²) in [4.78, 5) is 24.8. The second-order valence-corrected chi connectivity index (χ2v) is 4.65. The standard InChI is InChI=1S/C14H18N2O2/c1-11-3-2-4-12(9-11)5-6-14(18)16-8-7-15-13(17)10-16/h2-4,9H,5-8,10H2,1H3,(H,15,17). The van der Waals surface area contributed by atoms with E-state index in [1.807, 2.05) is 25.1 Å². The van der Waals surface area contributed by atoms with Gasteiger partial charge >= 0.3 is 0 Å². The van der Waals surface area contributed by atoms with Crippen LogP contribution in [0.25, 0.3) is 0 Å². The van der Waals surface area contributed by atoms with E-state index in [0.717, 1.165) is 6.42 Å². The van der Waals surface area contributed by atoms with Gasteiger partial charge in [0.1, 0.15) is 0 Å². The normalized spacial score (nSPS) is 15.4. The Hall–Kier alpha value is -1.84. The zero-order valence-corrected chi connectivity index (χ0v) is 10.6. The van der Waals surface area contributed by atoms with Crippen molar-refractivity contribution < 1.29 is 9.59 Å². The monoisotopic (exact) mass is 246 g/mol. The Kier molecular flexibility index (Phi) is 3.97. The quantitative estimate of drug-likeness (QED) is 0.861. The number of hydrogen-bond acceptors (Lipinski definition) is 2. The van der Waals surface area contributed by atoms with Gasteiger partial charge in [-0.3, -0.25) is 9.59 Å². The molecule has 96 valence electrons. The molecule has 18 heavy (non-hydrogen) atoms. The van der Waals surface area contributed by atoms with Crippen molar-refractivity contribution in [3.8, 4) is 0 Å². The van der Waals surface area contributed by atoms with Crippen LogP contribution in [-0.4, -0.2) is 36.3 Å². The van der Waals surface area contributed by atoms with E-state index in [1.54, 1.807) is 4.90 Å². The third-order valence-corrected chi connectivity index (χ3v) is 3.10. The summed E-state index contributed by atoms with van der Waals surface area (Å²) in [6.07, 6.45) is 1.20. The van der Waals surface area contributed by atoms with Crippen LogP contribution in [0.15, 0.2) is 24.3 Å². The number of amides is 2. The molecule has 0 aromatic heterocycles. The summed E-state index contributed by atoms with van der Waals surface area (Å²) >= 11 is 0. The van der Waals surface area contributed by atoms with Gasteiger partial charge in [0.05, 0.1) is 6.54 Å². The van der Waals surface area contributed by atoms with E-state index in [0.29, 0.717) is 19.5 Å². The molecule has 2 rings (SSSR count). The smallest absolute Gasteiger partial charge is 0.239 e. The summed E-state index contributed by atoms with van der Waals surface area (Å²) in [5.41, 5.74) is 2.38. The molecule has 1 aromatic carbocycles. The van der Waals surface area contributed by atoms with E-state index < -0.39 is 0 Å². The highest BCUT2D eigenvalue weighted by atomic mass is 16.2. The van der Waals surface area contributed by atoms with Gasteiger partial charge in [-0.1, -0.05) is 29.8 Å². The Morgan fingerprint density at radius 1 is 1.44 bits per heavy atom. The largest absolute Gasteiger partial charge is 0.353 e. The van der Waals surface area contributed by atoms with Crippen molar-refractivity contribution in [1.82, 2.24) is 10.2 Å². The van der Waals surface area contributed by atoms with Gasteiger partial charge in [0.15, 0.2) is 0 Å². The molecule has 1 aliphatic rings. The van der Waals surface area contributed by atoms with Gasteiger partial charge in [0, 0.05) is 19.5 Å². The summed E-state index contributed by atoms with van der Waals surface area (Å²) in [7, 11) is 0. The molecule has 4 nitrogen and oxygen atoms in total. The van der Waals surface area contributed by atoms with E-state index in [9.17, 15) is 9.59 Å². The maximum absolute atomic E-state index is 11.9. The molecule has 2 amide bonds. The second-order valence-electron chi connectivity index (χ2n) is 4.65. The van der Waals surface area contributed by atoms with Crippen molar-refractivity contribution >= 4 is 11.8 Å². The summed E-state index contributed by atoms with van der Waals surface area (Å²) in [5.74, 6) is -0.00323. The fourth-order valence-electron chi connectivity index (χ4n) is 2.13. The fraction of sp³-hybridized carbons (Fsp3) is 0.429. The number of rotatable bonds is 3. The molecule has 1 aromatic rings. The molecule has 4 heteroatoms. The number of aryl methyl sites for hydroxylation is 2. The predicted octanol–water partition coefficient (Wildman–Crippen LogP) is 0.886. The lowest BCUT2D eigenvalue weighted by Crippen LogP contribution is -2.50. The Morgan fingerprint density at radius 3 is 3.00 bits per heavy atom. The van der Waals surface area contributed by atoms with Crippen LogP contribution in [0.3, 0.4) is 0 Å². The summed E-state index contributed by atoms with van der Waals surface area (Å²) in [6.45, 7) is 3.43. The van der Waals surface area contributed by atoms with Crippen LogP contribution in [0.4, 0.5) is 0 Å². The van der Waals surface area contributed by atoms with Crippen molar-refractivity contribution in [2.24, 2.45) is 0 Å². The summed E-state index contributed by atoms with van der Waals surface area (Å²) < 4.78 is 0. The molecule has 1 fully saturated rings. The Balaban J connectivity index is 1.86. The third-order valence-electron chi connectivity index (χ3n) is 3.10. The lowest BCUT2D eigenvalue weighted by molar-refractivity contribution is -0.138. The van der Waals surface area contributed by atoms with Crippen LogP contribution in [-0.2, 0) is 16.0 Å². The van der Waals surface area contributed by atoms with Crippen molar-refractivity contribution in [3.63, 3.8) is 0 Å². The van der Waals surface area contributed by atoms with E-state index in [4.69, 9.17) is 0 Å². The number of benzene rings is 1. The molecule has 0 bridgehead atoms. The highest BCUT2D eigenvalue weighted by Crippen LogP contribution is 2.08. The number of carbonyl (C=O) groups is 2. The minimum atomic E-state index is -0.0647. The van der Waals surface area contributed by atoms with Crippen LogP contribution >= 0.6 is 0 Å². The third kappa shape index (κ3) is 3.32. The molecular weight excluding hydrogens is 228 g/mol. The van der Waals surface area contributed by atoms with E-state index >= 15 is 0 Å². The fourth-order valence-corrected chi connectivity index (χ4v) is 2.13. The van der Waals surface area contributed by atoms with E-state index in [1.165, 1.54) is 11.1 Å². The zero-order chi connectivity index (χ0) is 13.0. The lowest BCUT2D eigenvalue weighted by Gasteiger charge is -2.26. The van der Waals surface area contributed by atoms with Gasteiger partial charge in [-0.05, 0) is 18.9 Å². The molecule has 0 spiro atoms. The Morgan fingerprint density at radius 2 is 2.28 bits per heavy atom. The maximum Gasteiger partial charge on any atom is 0.239 e. The minimum absolute atomic E-state index is 0.0614. The molecule has 0 saturated carbocycles. The summed E-state index contributed by atoms with van der Waals surface area (Å²) in [6, 6.07) is 8.17. The molecule has 0 radical (unpaired) electrons. The van der Waals surface area contributed by atoms with Crippen LogP contribution in [0.1, 0.15) is 17.5 Å². The highest BCUT2D eigenvalue weighted by Gasteiger charge is 2.20. The molecule has 1 aliphatic heterocycles. The van der Waals surface area contributed by atoms with Gasteiger partial charge < -0.3 is 10.2 Å². The molecule has 0 aliphatic carbocycles. The van der Waals surface area contributed by atoms with Crippen molar-refractivity contribution in [2.75, 3.05) is 19.6 Å². The number of piperazine rings is 1. The first-order valence-corrected chi connectivity index (χ1v) is 6.25. The first-order chi connectivity index (χ1) is 8.65. The van der Waals surface area contributed by atoms with Crippen LogP contribution in [0.2, 0.25) is 0 Å². The molecule has 1 heterocycles. The zero-order valence-electron chi connectivity index (χ0n) is 10.6. The van der Waals surface area contributed by atoms with E-state index in [-0.39, 0.29) is 18.4 Å². The lowest BCUT2D eigenvalue weighted by atomic mass is 10.1.